The molecule has 0 heterocycles. The third-order valence-corrected chi connectivity index (χ3v) is 28.1. The van der Waals surface area contributed by atoms with Gasteiger partial charge in [-0.15, -0.1) is 0 Å². The molecule has 306 valence electrons. The van der Waals surface area contributed by atoms with Gasteiger partial charge in [0.15, 0.2) is 52.2 Å². The van der Waals surface area contributed by atoms with Crippen LogP contribution in [0.15, 0.2) is 0 Å². The van der Waals surface area contributed by atoms with E-state index in [0.29, 0.717) is 0 Å². The SMILES string of the molecule is CC(C)(C)[Si](C)(C)c1c(F)c(F)c(OB(Oc2c(F)c(F)c([Si](C)(C)C(C)(C)C)c(F)c2F)Oc2c(F)c(F)c([Si](C)(C)C(C)(C)C)c(F)c2F)c(F)c1F. The van der Waals surface area contributed by atoms with E-state index in [9.17, 15) is 0 Å². The summed E-state index contributed by atoms with van der Waals surface area (Å²) in [5.74, 6) is -31.9. The lowest BCUT2D eigenvalue weighted by molar-refractivity contribution is 0.256. The Bertz CT molecular complexity index is 1710. The van der Waals surface area contributed by atoms with Crippen molar-refractivity contribution in [1.82, 2.24) is 0 Å². The number of hydrogen-bond acceptors (Lipinski definition) is 3. The smallest absolute Gasteiger partial charge is 0.484 e. The lowest BCUT2D eigenvalue weighted by Gasteiger charge is -2.38. The van der Waals surface area contributed by atoms with E-state index in [1.807, 2.05) is 0 Å². The number of halogens is 12. The van der Waals surface area contributed by atoms with E-state index in [1.165, 1.54) is 39.3 Å². The van der Waals surface area contributed by atoms with Crippen molar-refractivity contribution in [1.29, 1.82) is 0 Å². The van der Waals surface area contributed by atoms with Crippen molar-refractivity contribution in [2.45, 2.75) is 117 Å². The highest BCUT2D eigenvalue weighted by molar-refractivity contribution is 6.93. The molecular formula is C36H45BF12O3Si3. The summed E-state index contributed by atoms with van der Waals surface area (Å²) in [6, 6.07) is 0. The minimum Gasteiger partial charge on any atom is -0.484 e. The fourth-order valence-corrected chi connectivity index (χ4v) is 11.5. The molecule has 0 N–H and O–H groups in total. The van der Waals surface area contributed by atoms with Gasteiger partial charge in [-0.25, -0.2) is 26.3 Å². The normalized spacial score (nSPS) is 13.4. The van der Waals surface area contributed by atoms with Crippen LogP contribution in [-0.4, -0.2) is 31.5 Å². The van der Waals surface area contributed by atoms with Gasteiger partial charge in [-0.05, 0) is 15.1 Å². The van der Waals surface area contributed by atoms with Gasteiger partial charge in [0.1, 0.15) is 0 Å². The van der Waals surface area contributed by atoms with Gasteiger partial charge < -0.3 is 14.0 Å². The molecule has 3 rings (SSSR count). The zero-order chi connectivity index (χ0) is 43.1. The number of benzene rings is 3. The highest BCUT2D eigenvalue weighted by atomic mass is 28.3. The van der Waals surface area contributed by atoms with Crippen molar-refractivity contribution in [2.75, 3.05) is 0 Å². The second-order valence-electron chi connectivity index (χ2n) is 18.1. The van der Waals surface area contributed by atoms with Crippen molar-refractivity contribution in [2.24, 2.45) is 0 Å². The molecule has 19 heteroatoms. The Labute approximate surface area is 317 Å². The van der Waals surface area contributed by atoms with E-state index in [2.05, 4.69) is 0 Å². The van der Waals surface area contributed by atoms with Crippen LogP contribution in [0.4, 0.5) is 52.7 Å². The summed E-state index contributed by atoms with van der Waals surface area (Å²) in [4.78, 5) is 0. The number of hydrogen-bond donors (Lipinski definition) is 0. The van der Waals surface area contributed by atoms with Crippen LogP contribution in [-0.2, 0) is 0 Å². The van der Waals surface area contributed by atoms with E-state index in [1.54, 1.807) is 62.3 Å². The van der Waals surface area contributed by atoms with Gasteiger partial charge in [-0.1, -0.05) is 102 Å². The Kier molecular flexibility index (Phi) is 12.4. The van der Waals surface area contributed by atoms with Gasteiger partial charge >= 0.3 is 7.32 Å². The molecule has 0 unspecified atom stereocenters. The van der Waals surface area contributed by atoms with Crippen LogP contribution in [0.3, 0.4) is 0 Å². The monoisotopic (exact) mass is 848 g/mol. The maximum absolute atomic E-state index is 15.7. The van der Waals surface area contributed by atoms with E-state index < -0.39 is 149 Å². The molecule has 0 aliphatic rings. The molecule has 0 fully saturated rings. The molecule has 0 saturated heterocycles. The Hall–Kier alpha value is -3.06. The molecule has 55 heavy (non-hydrogen) atoms. The lowest BCUT2D eigenvalue weighted by Crippen LogP contribution is -2.54. The first-order chi connectivity index (χ1) is 24.5. The fourth-order valence-electron chi connectivity index (χ4n) is 5.28. The second-order valence-corrected chi connectivity index (χ2v) is 33.9. The summed E-state index contributed by atoms with van der Waals surface area (Å²) in [6.07, 6.45) is 0. The van der Waals surface area contributed by atoms with E-state index in [-0.39, 0.29) is 0 Å². The first kappa shape index (κ1) is 46.3. The molecule has 0 aliphatic heterocycles. The van der Waals surface area contributed by atoms with Gasteiger partial charge in [-0.3, -0.25) is 0 Å². The highest BCUT2D eigenvalue weighted by Crippen LogP contribution is 2.42. The molecule has 3 aromatic rings. The molecule has 0 radical (unpaired) electrons. The van der Waals surface area contributed by atoms with Crippen LogP contribution in [0, 0.1) is 69.8 Å². The lowest BCUT2D eigenvalue weighted by atomic mass is 10.1. The van der Waals surface area contributed by atoms with E-state index >= 15 is 52.7 Å². The summed E-state index contributed by atoms with van der Waals surface area (Å²) in [7, 11) is -13.8. The summed E-state index contributed by atoms with van der Waals surface area (Å²) in [5.41, 5.74) is 0. The third-order valence-electron chi connectivity index (χ3n) is 11.8. The minimum atomic E-state index is -3.45. The van der Waals surface area contributed by atoms with E-state index in [0.717, 1.165) is 0 Å². The summed E-state index contributed by atoms with van der Waals surface area (Å²) in [6.45, 7) is 22.4. The summed E-state index contributed by atoms with van der Waals surface area (Å²) < 4.78 is 203. The van der Waals surface area contributed by atoms with Gasteiger partial charge in [0.05, 0.1) is 24.2 Å². The molecule has 0 atom stereocenters. The van der Waals surface area contributed by atoms with Crippen LogP contribution < -0.4 is 29.5 Å². The van der Waals surface area contributed by atoms with Crippen LogP contribution in [0.5, 0.6) is 17.2 Å². The second kappa shape index (κ2) is 14.7. The predicted octanol–water partition coefficient (Wildman–Crippen LogP) is 11.0. The average molecular weight is 849 g/mol. The van der Waals surface area contributed by atoms with Crippen molar-refractivity contribution >= 4 is 47.1 Å². The Morgan fingerprint density at radius 1 is 0.309 bits per heavy atom. The zero-order valence-electron chi connectivity index (χ0n) is 33.3. The average Bonchev–Trinajstić information content (AvgIpc) is 3.02. The summed E-state index contributed by atoms with van der Waals surface area (Å²) in [5, 5.41) is -5.68. The molecule has 3 nitrogen and oxygen atoms in total. The standard InChI is InChI=1S/C36H45BF12O3Si3/c1-34(2,3)53(10,11)31-22(44)16(38)28(17(39)23(31)45)50-37(51-29-18(40)24(46)32(25(47)19(29)41)54(12,13)35(4,5)6)52-30-20(42)26(48)33(27(49)21(30)43)55(14,15)36(7,8)9/h1-15H3. The quantitative estimate of drug-likeness (QED) is 0.122. The molecule has 0 bridgehead atoms. The van der Waals surface area contributed by atoms with Crippen LogP contribution >= 0.6 is 0 Å². The first-order valence-electron chi connectivity index (χ1n) is 17.1. The van der Waals surface area contributed by atoms with Crippen LogP contribution in [0.2, 0.25) is 54.4 Å². The molecular weight excluding hydrogens is 803 g/mol. The zero-order valence-corrected chi connectivity index (χ0v) is 36.3. The van der Waals surface area contributed by atoms with Crippen molar-refractivity contribution < 1.29 is 66.6 Å². The molecule has 0 spiro atoms. The van der Waals surface area contributed by atoms with Gasteiger partial charge in [0.2, 0.25) is 34.9 Å². The van der Waals surface area contributed by atoms with Crippen molar-refractivity contribution in [3.05, 3.63) is 69.8 Å². The van der Waals surface area contributed by atoms with Gasteiger partial charge in [0, 0.05) is 15.6 Å². The van der Waals surface area contributed by atoms with Crippen LogP contribution in [0.1, 0.15) is 62.3 Å². The molecule has 0 aliphatic carbocycles. The maximum atomic E-state index is 15.7. The Morgan fingerprint density at radius 2 is 0.455 bits per heavy atom. The van der Waals surface area contributed by atoms with Crippen LogP contribution in [0.25, 0.3) is 0 Å². The third kappa shape index (κ3) is 7.69. The minimum absolute atomic E-state index is 0.912. The predicted molar refractivity (Wildman–Crippen MR) is 197 cm³/mol. The topological polar surface area (TPSA) is 27.7 Å². The fraction of sp³-hybridized carbons (Fsp3) is 0.500. The van der Waals surface area contributed by atoms with Crippen molar-refractivity contribution in [3.63, 3.8) is 0 Å². The van der Waals surface area contributed by atoms with Gasteiger partial charge in [-0.2, -0.15) is 26.3 Å². The largest absolute Gasteiger partial charge is 0.864 e. The summed E-state index contributed by atoms with van der Waals surface area (Å²) >= 11 is 0. The number of rotatable bonds is 9. The Morgan fingerprint density at radius 3 is 0.582 bits per heavy atom. The van der Waals surface area contributed by atoms with Gasteiger partial charge in [0.25, 0.3) is 0 Å². The molecule has 0 aromatic heterocycles. The van der Waals surface area contributed by atoms with E-state index in [4.69, 9.17) is 14.0 Å². The maximum Gasteiger partial charge on any atom is 0.864 e. The molecule has 3 aromatic carbocycles. The first-order valence-corrected chi connectivity index (χ1v) is 26.1. The molecule has 0 amide bonds. The Balaban J connectivity index is 2.40. The van der Waals surface area contributed by atoms with Crippen molar-refractivity contribution in [3.8, 4) is 17.2 Å². The molecule has 0 saturated carbocycles. The highest BCUT2D eigenvalue weighted by Gasteiger charge is 2.49.